The van der Waals surface area contributed by atoms with E-state index >= 15 is 0 Å². The van der Waals surface area contributed by atoms with Crippen molar-refractivity contribution in [3.05, 3.63) is 0 Å². The van der Waals surface area contributed by atoms with Crippen LogP contribution >= 0.6 is 0 Å². The molecule has 2 aliphatic heterocycles. The number of sulfone groups is 1. The smallest absolute Gasteiger partial charge is 0.150 e. The van der Waals surface area contributed by atoms with E-state index in [1.807, 2.05) is 0 Å². The summed E-state index contributed by atoms with van der Waals surface area (Å²) in [7, 11) is -2.76. The molecule has 1 saturated carbocycles. The van der Waals surface area contributed by atoms with Crippen molar-refractivity contribution < 1.29 is 13.2 Å². The SMILES string of the molecule is CCNC(CC1CCS(=O)(=O)C1)C1CCOC2(CCC2)C1. The first-order valence-corrected chi connectivity index (χ1v) is 10.4. The summed E-state index contributed by atoms with van der Waals surface area (Å²) in [5.74, 6) is 1.82. The van der Waals surface area contributed by atoms with E-state index in [0.717, 1.165) is 32.4 Å². The molecule has 4 nitrogen and oxygen atoms in total. The molecule has 0 radical (unpaired) electrons. The lowest BCUT2D eigenvalue weighted by molar-refractivity contribution is -0.147. The molecule has 2 heterocycles. The number of rotatable bonds is 5. The molecule has 3 atom stereocenters. The van der Waals surface area contributed by atoms with Gasteiger partial charge in [-0.2, -0.15) is 0 Å². The van der Waals surface area contributed by atoms with Crippen LogP contribution in [0.25, 0.3) is 0 Å². The molecule has 122 valence electrons. The van der Waals surface area contributed by atoms with Crippen LogP contribution in [0.2, 0.25) is 0 Å². The summed E-state index contributed by atoms with van der Waals surface area (Å²) in [5, 5.41) is 3.64. The molecular formula is C16H29NO3S. The van der Waals surface area contributed by atoms with E-state index in [9.17, 15) is 8.42 Å². The zero-order valence-electron chi connectivity index (χ0n) is 13.1. The quantitative estimate of drug-likeness (QED) is 0.844. The van der Waals surface area contributed by atoms with Gasteiger partial charge < -0.3 is 10.1 Å². The van der Waals surface area contributed by atoms with Gasteiger partial charge in [-0.05, 0) is 63.3 Å². The van der Waals surface area contributed by atoms with E-state index in [1.165, 1.54) is 25.7 Å². The highest BCUT2D eigenvalue weighted by molar-refractivity contribution is 7.91. The van der Waals surface area contributed by atoms with Crippen LogP contribution in [0.1, 0.15) is 51.9 Å². The third-order valence-corrected chi connectivity index (χ3v) is 7.58. The second kappa shape index (κ2) is 6.17. The minimum absolute atomic E-state index is 0.179. The molecule has 3 rings (SSSR count). The van der Waals surface area contributed by atoms with Crippen molar-refractivity contribution in [3.8, 4) is 0 Å². The number of nitrogens with one attached hydrogen (secondary N) is 1. The van der Waals surface area contributed by atoms with E-state index in [-0.39, 0.29) is 5.60 Å². The zero-order valence-corrected chi connectivity index (χ0v) is 14.0. The average Bonchev–Trinajstić information content (AvgIpc) is 2.76. The van der Waals surface area contributed by atoms with Gasteiger partial charge in [0.2, 0.25) is 0 Å². The van der Waals surface area contributed by atoms with E-state index < -0.39 is 9.84 Å². The largest absolute Gasteiger partial charge is 0.375 e. The molecule has 3 fully saturated rings. The van der Waals surface area contributed by atoms with Crippen LogP contribution in [0.15, 0.2) is 0 Å². The second-order valence-corrected chi connectivity index (χ2v) is 9.54. The Bertz CT molecular complexity index is 458. The van der Waals surface area contributed by atoms with Crippen LogP contribution in [-0.4, -0.2) is 44.7 Å². The van der Waals surface area contributed by atoms with Crippen LogP contribution in [0.5, 0.6) is 0 Å². The minimum Gasteiger partial charge on any atom is -0.375 e. The Labute approximate surface area is 128 Å². The molecule has 1 N–H and O–H groups in total. The fourth-order valence-corrected chi connectivity index (χ4v) is 6.33. The zero-order chi connectivity index (χ0) is 14.9. The van der Waals surface area contributed by atoms with E-state index in [4.69, 9.17) is 4.74 Å². The Morgan fingerprint density at radius 1 is 1.33 bits per heavy atom. The summed E-state index contributed by atoms with van der Waals surface area (Å²) in [6, 6.07) is 0.467. The highest BCUT2D eigenvalue weighted by atomic mass is 32.2. The third kappa shape index (κ3) is 3.62. The van der Waals surface area contributed by atoms with E-state index in [2.05, 4.69) is 12.2 Å². The van der Waals surface area contributed by atoms with Crippen molar-refractivity contribution in [1.82, 2.24) is 5.32 Å². The van der Waals surface area contributed by atoms with Crippen molar-refractivity contribution in [3.63, 3.8) is 0 Å². The second-order valence-electron chi connectivity index (χ2n) is 7.31. The normalized spacial score (nSPS) is 35.5. The van der Waals surface area contributed by atoms with E-state index in [0.29, 0.717) is 29.4 Å². The molecule has 3 aliphatic rings. The van der Waals surface area contributed by atoms with Gasteiger partial charge in [0.1, 0.15) is 0 Å². The number of ether oxygens (including phenoxy) is 1. The summed E-state index contributed by atoms with van der Waals surface area (Å²) in [6.07, 6.45) is 7.93. The van der Waals surface area contributed by atoms with Crippen molar-refractivity contribution in [2.45, 2.75) is 63.5 Å². The van der Waals surface area contributed by atoms with Gasteiger partial charge in [-0.25, -0.2) is 8.42 Å². The molecule has 1 aliphatic carbocycles. The first-order valence-electron chi connectivity index (χ1n) is 8.60. The molecular weight excluding hydrogens is 286 g/mol. The van der Waals surface area contributed by atoms with Gasteiger partial charge in [-0.1, -0.05) is 6.92 Å². The lowest BCUT2D eigenvalue weighted by atomic mass is 9.69. The first-order chi connectivity index (χ1) is 10.0. The van der Waals surface area contributed by atoms with Gasteiger partial charge in [0, 0.05) is 12.6 Å². The fraction of sp³-hybridized carbons (Fsp3) is 1.00. The van der Waals surface area contributed by atoms with Gasteiger partial charge >= 0.3 is 0 Å². The van der Waals surface area contributed by atoms with Gasteiger partial charge in [-0.15, -0.1) is 0 Å². The molecule has 5 heteroatoms. The van der Waals surface area contributed by atoms with Gasteiger partial charge in [0.15, 0.2) is 9.84 Å². The van der Waals surface area contributed by atoms with Crippen molar-refractivity contribution in [2.75, 3.05) is 24.7 Å². The molecule has 2 saturated heterocycles. The lowest BCUT2D eigenvalue weighted by Gasteiger charge is -2.49. The average molecular weight is 315 g/mol. The molecule has 1 spiro atoms. The first kappa shape index (κ1) is 15.8. The summed E-state index contributed by atoms with van der Waals surface area (Å²) in [4.78, 5) is 0. The highest BCUT2D eigenvalue weighted by Gasteiger charge is 2.44. The Morgan fingerprint density at radius 2 is 2.14 bits per heavy atom. The molecule has 0 aromatic carbocycles. The minimum atomic E-state index is -2.76. The Kier molecular flexibility index (Phi) is 4.63. The molecule has 0 aromatic heterocycles. The highest BCUT2D eigenvalue weighted by Crippen LogP contribution is 2.45. The maximum atomic E-state index is 11.7. The topological polar surface area (TPSA) is 55.4 Å². The molecule has 0 aromatic rings. The molecule has 3 unspecified atom stereocenters. The maximum absolute atomic E-state index is 11.7. The maximum Gasteiger partial charge on any atom is 0.150 e. The standard InChI is InChI=1S/C16H29NO3S/c1-2-17-15(10-13-5-9-21(18,19)12-13)14-4-8-20-16(11-14)6-3-7-16/h13-15,17H,2-12H2,1H3. The lowest BCUT2D eigenvalue weighted by Crippen LogP contribution is -2.50. The van der Waals surface area contributed by atoms with Crippen molar-refractivity contribution in [2.24, 2.45) is 11.8 Å². The van der Waals surface area contributed by atoms with Crippen molar-refractivity contribution >= 4 is 9.84 Å². The predicted molar refractivity (Wildman–Crippen MR) is 84.1 cm³/mol. The van der Waals surface area contributed by atoms with Crippen LogP contribution < -0.4 is 5.32 Å². The summed E-state index contributed by atoms with van der Waals surface area (Å²) >= 11 is 0. The molecule has 0 bridgehead atoms. The molecule has 21 heavy (non-hydrogen) atoms. The predicted octanol–water partition coefficient (Wildman–Crippen LogP) is 2.14. The fourth-order valence-electron chi connectivity index (χ4n) is 4.45. The van der Waals surface area contributed by atoms with Crippen LogP contribution in [0, 0.1) is 11.8 Å². The van der Waals surface area contributed by atoms with Gasteiger partial charge in [0.25, 0.3) is 0 Å². The van der Waals surface area contributed by atoms with Crippen molar-refractivity contribution in [1.29, 1.82) is 0 Å². The number of hydrogen-bond acceptors (Lipinski definition) is 4. The summed E-state index contributed by atoms with van der Waals surface area (Å²) in [5.41, 5.74) is 0.179. The van der Waals surface area contributed by atoms with Crippen LogP contribution in [-0.2, 0) is 14.6 Å². The van der Waals surface area contributed by atoms with Gasteiger partial charge in [0.05, 0.1) is 17.1 Å². The third-order valence-electron chi connectivity index (χ3n) is 5.75. The van der Waals surface area contributed by atoms with Gasteiger partial charge in [-0.3, -0.25) is 0 Å². The number of hydrogen-bond donors (Lipinski definition) is 1. The van der Waals surface area contributed by atoms with E-state index in [1.54, 1.807) is 0 Å². The Balaban J connectivity index is 1.61. The Morgan fingerprint density at radius 3 is 2.71 bits per heavy atom. The molecule has 0 amide bonds. The Hall–Kier alpha value is -0.130. The van der Waals surface area contributed by atoms with Crippen LogP contribution in [0.4, 0.5) is 0 Å². The summed E-state index contributed by atoms with van der Waals surface area (Å²) in [6.45, 7) is 4.00. The monoisotopic (exact) mass is 315 g/mol. The summed E-state index contributed by atoms with van der Waals surface area (Å²) < 4.78 is 29.4. The van der Waals surface area contributed by atoms with Crippen LogP contribution in [0.3, 0.4) is 0 Å².